The number of hydrogen-bond acceptors (Lipinski definition) is 10. The Kier molecular flexibility index (Phi) is 49.6. The summed E-state index contributed by atoms with van der Waals surface area (Å²) in [6.07, 6.45) is 46.3. The molecule has 1 saturated carbocycles. The zero-order valence-corrected chi connectivity index (χ0v) is 65.1. The summed E-state index contributed by atoms with van der Waals surface area (Å²) in [5, 5.41) is 0.0576. The number of allylic oxidation sites excluding steroid dienone is 2. The van der Waals surface area contributed by atoms with Gasteiger partial charge in [-0.15, -0.1) is 0 Å². The maximum Gasteiger partial charge on any atom is 0.325 e. The molecule has 0 saturated heterocycles. The first-order valence-electron chi connectivity index (χ1n) is 40.8. The first-order chi connectivity index (χ1) is 50.3. The maximum atomic E-state index is 11.2. The molecule has 1 fully saturated rings. The van der Waals surface area contributed by atoms with E-state index >= 15 is 0 Å². The molecule has 5 aromatic carbocycles. The second kappa shape index (κ2) is 58.2. The Labute approximate surface area is 624 Å². The second-order valence-corrected chi connectivity index (χ2v) is 31.8. The smallest absolute Gasteiger partial charge is 0.325 e. The molecule has 2 N–H and O–H groups in total. The third-order valence-electron chi connectivity index (χ3n) is 19.9. The molecule has 0 bridgehead atoms. The number of benzene rings is 5. The van der Waals surface area contributed by atoms with Gasteiger partial charge in [0, 0.05) is 24.6 Å². The van der Waals surface area contributed by atoms with Gasteiger partial charge in [-0.1, -0.05) is 364 Å². The standard InChI is InChI=1S/C89H137O11PS/c1-3-5-7-9-11-13-15-22-26-30-34-53-67-93-76-82(94-68-54-35-31-27-23-16-14-12-10-8-6-4-2)70-83(66-52-33-29-25-21-19-17-18-20-24-28-32-36-55-69-101(90,91)92)102-100-89-87(98-74-80-62-48-40-49-63-80)85(96-72-78-58-44-38-45-59-78)84(95-71-77-56-42-37-43-57-77)86(97-73-79-60-46-39-47-61-79)88(89)99-75-81-64-50-41-51-65-81/h17,19,37-51,56-65,82-89H,3-16,18,20-36,52-55,66-76H2,1-2H3,(H2,90,91,92)/b19-17-/t82?,83?,84-,85-,86+,87-,88-,89-/m0/s1. The van der Waals surface area contributed by atoms with Gasteiger partial charge < -0.3 is 47.1 Å². The Balaban J connectivity index is 1.26. The SMILES string of the molecule is CCCCCCCCCCCCCCOCC(CC(CCCCCC/C=C\CCCCCCCCP(=O)(O)O)SO[C@@H]1[C@@H](OCc2ccccc2)[C@H](OCc2ccccc2)[C@@H](OCc2ccccc2)[C@H](OCc2ccccc2)[C@@H]1OCc1ccccc1)OCCCCCCCCCCCCCC. The fourth-order valence-corrected chi connectivity index (χ4v) is 15.5. The Morgan fingerprint density at radius 1 is 0.363 bits per heavy atom. The summed E-state index contributed by atoms with van der Waals surface area (Å²) in [4.78, 5) is 18.4. The van der Waals surface area contributed by atoms with Crippen molar-refractivity contribution in [2.24, 2.45) is 0 Å². The molecule has 0 aliphatic heterocycles. The van der Waals surface area contributed by atoms with E-state index < -0.39 is 44.2 Å². The molecule has 0 aromatic heterocycles. The van der Waals surface area contributed by atoms with Crippen molar-refractivity contribution < 1.29 is 51.7 Å². The van der Waals surface area contributed by atoms with E-state index in [0.29, 0.717) is 46.1 Å². The minimum Gasteiger partial charge on any atom is -0.379 e. The summed E-state index contributed by atoms with van der Waals surface area (Å²) < 4.78 is 69.4. The predicted molar refractivity (Wildman–Crippen MR) is 425 cm³/mol. The maximum absolute atomic E-state index is 11.2. The van der Waals surface area contributed by atoms with Gasteiger partial charge in [0.1, 0.15) is 36.6 Å². The highest BCUT2D eigenvalue weighted by atomic mass is 32.2. The number of unbranched alkanes of at least 4 members (excludes halogenated alkanes) is 32. The minimum atomic E-state index is -3.89. The lowest BCUT2D eigenvalue weighted by atomic mass is 9.83. The van der Waals surface area contributed by atoms with Gasteiger partial charge in [-0.25, -0.2) is 0 Å². The number of hydrogen-bond donors (Lipinski definition) is 2. The Bertz CT molecular complexity index is 2660. The number of rotatable bonds is 65. The molecule has 1 aliphatic rings. The van der Waals surface area contributed by atoms with Crippen LogP contribution in [0.3, 0.4) is 0 Å². The van der Waals surface area contributed by atoms with Crippen molar-refractivity contribution in [2.75, 3.05) is 26.0 Å². The topological polar surface area (TPSA) is 131 Å². The molecular formula is C89H137O11PS. The van der Waals surface area contributed by atoms with Crippen LogP contribution in [0.2, 0.25) is 0 Å². The lowest BCUT2D eigenvalue weighted by Gasteiger charge is -2.49. The zero-order valence-electron chi connectivity index (χ0n) is 63.4. The molecule has 5 aromatic rings. The highest BCUT2D eigenvalue weighted by molar-refractivity contribution is 7.95. The molecule has 102 heavy (non-hydrogen) atoms. The Morgan fingerprint density at radius 2 is 0.657 bits per heavy atom. The lowest BCUT2D eigenvalue weighted by Crippen LogP contribution is -2.67. The Hall–Kier alpha value is -3.98. The van der Waals surface area contributed by atoms with E-state index in [1.54, 1.807) is 12.0 Å². The molecule has 0 radical (unpaired) electrons. The monoisotopic (exact) mass is 1440 g/mol. The average Bonchev–Trinajstić information content (AvgIpc) is 0.764. The summed E-state index contributed by atoms with van der Waals surface area (Å²) in [5.74, 6) is 0. The van der Waals surface area contributed by atoms with Gasteiger partial charge in [0.15, 0.2) is 0 Å². The molecule has 570 valence electrons. The molecule has 1 aliphatic carbocycles. The van der Waals surface area contributed by atoms with Gasteiger partial charge in [-0.2, -0.15) is 0 Å². The fourth-order valence-electron chi connectivity index (χ4n) is 13.8. The van der Waals surface area contributed by atoms with E-state index in [1.165, 1.54) is 141 Å². The molecule has 6 rings (SSSR count). The van der Waals surface area contributed by atoms with Crippen molar-refractivity contribution in [1.82, 2.24) is 0 Å². The van der Waals surface area contributed by atoms with Crippen molar-refractivity contribution in [3.05, 3.63) is 192 Å². The second-order valence-electron chi connectivity index (χ2n) is 28.9. The normalized spacial score (nSPS) is 17.8. The summed E-state index contributed by atoms with van der Waals surface area (Å²) in [5.41, 5.74) is 5.23. The van der Waals surface area contributed by atoms with Crippen LogP contribution in [0.4, 0.5) is 0 Å². The van der Waals surface area contributed by atoms with Gasteiger partial charge in [-0.3, -0.25) is 4.57 Å². The third kappa shape index (κ3) is 41.2. The highest BCUT2D eigenvalue weighted by Gasteiger charge is 2.56. The molecule has 2 unspecified atom stereocenters. The fraction of sp³-hybridized carbons (Fsp3) is 0.640. The van der Waals surface area contributed by atoms with Crippen molar-refractivity contribution >= 4 is 19.6 Å². The summed E-state index contributed by atoms with van der Waals surface area (Å²) in [6, 6.07) is 51.9. The molecule has 8 atom stereocenters. The van der Waals surface area contributed by atoms with Crippen LogP contribution in [0.15, 0.2) is 164 Å². The van der Waals surface area contributed by atoms with Crippen LogP contribution >= 0.6 is 19.6 Å². The molecule has 0 spiro atoms. The average molecular weight is 1450 g/mol. The predicted octanol–water partition coefficient (Wildman–Crippen LogP) is 24.3. The lowest BCUT2D eigenvalue weighted by molar-refractivity contribution is -0.277. The third-order valence-corrected chi connectivity index (χ3v) is 21.8. The summed E-state index contributed by atoms with van der Waals surface area (Å²) >= 11 is 1.57. The molecule has 11 nitrogen and oxygen atoms in total. The molecular weight excluding hydrogens is 1310 g/mol. The van der Waals surface area contributed by atoms with Crippen LogP contribution < -0.4 is 0 Å². The van der Waals surface area contributed by atoms with Crippen molar-refractivity contribution in [1.29, 1.82) is 0 Å². The van der Waals surface area contributed by atoms with Crippen LogP contribution in [0.1, 0.15) is 286 Å². The zero-order chi connectivity index (χ0) is 71.7. The van der Waals surface area contributed by atoms with Crippen LogP contribution in [-0.4, -0.2) is 83.7 Å². The van der Waals surface area contributed by atoms with Gasteiger partial charge in [0.25, 0.3) is 0 Å². The summed E-state index contributed by atoms with van der Waals surface area (Å²) in [6.45, 7) is 8.23. The minimum absolute atomic E-state index is 0.000809. The van der Waals surface area contributed by atoms with E-state index in [-0.39, 0.29) is 17.5 Å². The van der Waals surface area contributed by atoms with Crippen LogP contribution in [0.5, 0.6) is 0 Å². The first kappa shape index (κ1) is 86.9. The van der Waals surface area contributed by atoms with Crippen LogP contribution in [0, 0.1) is 0 Å². The van der Waals surface area contributed by atoms with E-state index in [4.69, 9.17) is 37.3 Å². The molecule has 0 heterocycles. The van der Waals surface area contributed by atoms with Gasteiger partial charge in [0.2, 0.25) is 0 Å². The van der Waals surface area contributed by atoms with Gasteiger partial charge in [-0.05, 0) is 97.6 Å². The van der Waals surface area contributed by atoms with Crippen LogP contribution in [-0.2, 0) is 74.9 Å². The van der Waals surface area contributed by atoms with Crippen molar-refractivity contribution in [2.45, 2.75) is 339 Å². The highest BCUT2D eigenvalue weighted by Crippen LogP contribution is 2.40. The largest absolute Gasteiger partial charge is 0.379 e. The Morgan fingerprint density at radius 3 is 1.00 bits per heavy atom. The van der Waals surface area contributed by atoms with Gasteiger partial charge >= 0.3 is 7.60 Å². The van der Waals surface area contributed by atoms with E-state index in [9.17, 15) is 14.4 Å². The van der Waals surface area contributed by atoms with Crippen molar-refractivity contribution in [3.63, 3.8) is 0 Å². The molecule has 0 amide bonds. The molecule has 13 heteroatoms. The number of ether oxygens (including phenoxy) is 7. The van der Waals surface area contributed by atoms with E-state index in [2.05, 4.69) is 147 Å². The first-order valence-corrected chi connectivity index (χ1v) is 43.4. The summed E-state index contributed by atoms with van der Waals surface area (Å²) in [7, 11) is -3.89. The van der Waals surface area contributed by atoms with E-state index in [0.717, 1.165) is 137 Å². The van der Waals surface area contributed by atoms with Crippen molar-refractivity contribution in [3.8, 4) is 0 Å². The van der Waals surface area contributed by atoms with E-state index in [1.807, 2.05) is 30.3 Å². The van der Waals surface area contributed by atoms with Gasteiger partial charge in [0.05, 0.1) is 45.7 Å². The quantitative estimate of drug-likeness (QED) is 0.0166. The van der Waals surface area contributed by atoms with Crippen LogP contribution in [0.25, 0.3) is 0 Å².